The van der Waals surface area contributed by atoms with Gasteiger partial charge in [0.25, 0.3) is 5.91 Å². The van der Waals surface area contributed by atoms with Gasteiger partial charge in [-0.3, -0.25) is 14.5 Å². The number of furan rings is 1. The number of hydrogen-bond acceptors (Lipinski definition) is 4. The Morgan fingerprint density at radius 3 is 2.75 bits per heavy atom. The summed E-state index contributed by atoms with van der Waals surface area (Å²) >= 11 is 0. The van der Waals surface area contributed by atoms with Gasteiger partial charge in [-0.15, -0.1) is 0 Å². The predicted molar refractivity (Wildman–Crippen MR) is 113 cm³/mol. The van der Waals surface area contributed by atoms with Crippen molar-refractivity contribution < 1.29 is 18.0 Å². The van der Waals surface area contributed by atoms with Gasteiger partial charge < -0.3 is 9.32 Å². The number of carbonyl (C=O) groups is 1. The molecule has 32 heavy (non-hydrogen) atoms. The Labute approximate surface area is 182 Å². The SMILES string of the molecule is Cn1nc2c(c1-c1cc(F)cc(F)c1)CC1CCCC2N1C(=O)c1cc2ncccc2o1. The van der Waals surface area contributed by atoms with Crippen molar-refractivity contribution in [3.05, 3.63) is 71.2 Å². The van der Waals surface area contributed by atoms with Crippen LogP contribution in [-0.2, 0) is 13.5 Å². The van der Waals surface area contributed by atoms with Crippen molar-refractivity contribution in [2.45, 2.75) is 37.8 Å². The summed E-state index contributed by atoms with van der Waals surface area (Å²) in [6.07, 6.45) is 4.87. The Kier molecular flexibility index (Phi) is 4.18. The third kappa shape index (κ3) is 2.86. The quantitative estimate of drug-likeness (QED) is 0.455. The predicted octanol–water partition coefficient (Wildman–Crippen LogP) is 4.80. The van der Waals surface area contributed by atoms with Crippen LogP contribution in [-0.4, -0.2) is 31.6 Å². The molecule has 0 N–H and O–H groups in total. The maximum Gasteiger partial charge on any atom is 0.290 e. The van der Waals surface area contributed by atoms with E-state index >= 15 is 0 Å². The lowest BCUT2D eigenvalue weighted by Gasteiger charge is -2.45. The largest absolute Gasteiger partial charge is 0.449 e. The monoisotopic (exact) mass is 434 g/mol. The van der Waals surface area contributed by atoms with Crippen LogP contribution in [0.2, 0.25) is 0 Å². The number of halogens is 2. The van der Waals surface area contributed by atoms with Gasteiger partial charge >= 0.3 is 0 Å². The summed E-state index contributed by atoms with van der Waals surface area (Å²) < 4.78 is 35.3. The fraction of sp³-hybridized carbons (Fsp3) is 0.292. The zero-order chi connectivity index (χ0) is 22.0. The molecule has 2 aliphatic heterocycles. The van der Waals surface area contributed by atoms with Gasteiger partial charge in [0.2, 0.25) is 0 Å². The Balaban J connectivity index is 1.43. The van der Waals surface area contributed by atoms with E-state index in [0.29, 0.717) is 28.8 Å². The molecule has 1 amide bonds. The first-order valence-corrected chi connectivity index (χ1v) is 10.7. The summed E-state index contributed by atoms with van der Waals surface area (Å²) in [7, 11) is 1.78. The topological polar surface area (TPSA) is 64.2 Å². The molecule has 0 aliphatic carbocycles. The van der Waals surface area contributed by atoms with Crippen LogP contribution < -0.4 is 0 Å². The highest BCUT2D eigenvalue weighted by atomic mass is 19.1. The smallest absolute Gasteiger partial charge is 0.290 e. The first-order chi connectivity index (χ1) is 15.5. The van der Waals surface area contributed by atoms with Gasteiger partial charge in [0, 0.05) is 42.5 Å². The number of amides is 1. The Bertz CT molecular complexity index is 1320. The number of pyridine rings is 1. The van der Waals surface area contributed by atoms with E-state index in [0.717, 1.165) is 36.6 Å². The molecule has 0 radical (unpaired) electrons. The number of fused-ring (bicyclic) bond motifs is 5. The van der Waals surface area contributed by atoms with Crippen molar-refractivity contribution in [1.29, 1.82) is 0 Å². The highest BCUT2D eigenvalue weighted by Gasteiger charge is 2.44. The van der Waals surface area contributed by atoms with E-state index in [9.17, 15) is 13.6 Å². The second-order valence-corrected chi connectivity index (χ2v) is 8.51. The lowest BCUT2D eigenvalue weighted by atomic mass is 9.81. The summed E-state index contributed by atoms with van der Waals surface area (Å²) in [6, 6.07) is 8.53. The molecule has 162 valence electrons. The molecule has 6 rings (SSSR count). The number of rotatable bonds is 2. The molecule has 5 heterocycles. The summed E-state index contributed by atoms with van der Waals surface area (Å²) in [6.45, 7) is 0. The van der Waals surface area contributed by atoms with E-state index in [-0.39, 0.29) is 23.8 Å². The molecule has 0 spiro atoms. The zero-order valence-corrected chi connectivity index (χ0v) is 17.4. The average Bonchev–Trinajstić information content (AvgIpc) is 3.33. The molecule has 2 unspecified atom stereocenters. The van der Waals surface area contributed by atoms with Crippen molar-refractivity contribution in [3.8, 4) is 11.3 Å². The van der Waals surface area contributed by atoms with Gasteiger partial charge in [-0.1, -0.05) is 0 Å². The van der Waals surface area contributed by atoms with Crippen molar-refractivity contribution in [1.82, 2.24) is 19.7 Å². The molecule has 1 aromatic carbocycles. The van der Waals surface area contributed by atoms with Crippen molar-refractivity contribution in [2.75, 3.05) is 0 Å². The van der Waals surface area contributed by atoms with Crippen molar-refractivity contribution in [2.24, 2.45) is 7.05 Å². The zero-order valence-electron chi connectivity index (χ0n) is 17.4. The van der Waals surface area contributed by atoms with Crippen LogP contribution in [0.4, 0.5) is 8.78 Å². The molecule has 2 atom stereocenters. The molecule has 3 aromatic heterocycles. The van der Waals surface area contributed by atoms with Crippen molar-refractivity contribution in [3.63, 3.8) is 0 Å². The van der Waals surface area contributed by atoms with Crippen molar-refractivity contribution >= 4 is 17.0 Å². The molecule has 6 nitrogen and oxygen atoms in total. The average molecular weight is 434 g/mol. The highest BCUT2D eigenvalue weighted by molar-refractivity contribution is 5.96. The number of nitrogens with zero attached hydrogens (tertiary/aromatic N) is 4. The molecular formula is C24H20F2N4O2. The molecule has 8 heteroatoms. The lowest BCUT2D eigenvalue weighted by molar-refractivity contribution is 0.0363. The first-order valence-electron chi connectivity index (χ1n) is 10.7. The molecule has 0 saturated carbocycles. The molecule has 1 fully saturated rings. The summed E-state index contributed by atoms with van der Waals surface area (Å²) in [5.41, 5.74) is 4.14. The second-order valence-electron chi connectivity index (χ2n) is 8.51. The van der Waals surface area contributed by atoms with Crippen LogP contribution in [0.25, 0.3) is 22.4 Å². The van der Waals surface area contributed by atoms with Gasteiger partial charge in [0.1, 0.15) is 17.2 Å². The molecule has 2 bridgehead atoms. The Morgan fingerprint density at radius 2 is 1.97 bits per heavy atom. The van der Waals surface area contributed by atoms with Gasteiger partial charge in [-0.2, -0.15) is 5.10 Å². The van der Waals surface area contributed by atoms with Gasteiger partial charge in [0.05, 0.1) is 17.4 Å². The highest BCUT2D eigenvalue weighted by Crippen LogP contribution is 2.45. The van der Waals surface area contributed by atoms with E-state index in [1.54, 1.807) is 36.1 Å². The fourth-order valence-electron chi connectivity index (χ4n) is 5.30. The third-order valence-corrected chi connectivity index (χ3v) is 6.54. The van der Waals surface area contributed by atoms with Crippen LogP contribution in [0.15, 0.2) is 47.0 Å². The molecule has 2 aliphatic rings. The summed E-state index contributed by atoms with van der Waals surface area (Å²) in [5.74, 6) is -1.16. The number of piperidine rings is 1. The normalized spacial score (nSPS) is 19.9. The van der Waals surface area contributed by atoms with Gasteiger partial charge in [-0.25, -0.2) is 8.78 Å². The van der Waals surface area contributed by atoms with E-state index < -0.39 is 11.6 Å². The Morgan fingerprint density at radius 1 is 1.16 bits per heavy atom. The second kappa shape index (κ2) is 6.98. The molecule has 1 saturated heterocycles. The van der Waals surface area contributed by atoms with E-state index in [1.807, 2.05) is 4.90 Å². The Hall–Kier alpha value is -3.55. The van der Waals surface area contributed by atoms with Gasteiger partial charge in [0.15, 0.2) is 11.3 Å². The lowest BCUT2D eigenvalue weighted by Crippen LogP contribution is -2.49. The van der Waals surface area contributed by atoms with Crippen LogP contribution in [0.3, 0.4) is 0 Å². The third-order valence-electron chi connectivity index (χ3n) is 6.54. The number of aromatic nitrogens is 3. The standard InChI is InChI=1S/C24H20F2N4O2/c1-29-23(13-8-14(25)10-15(26)9-13)17-11-16-4-2-5-19(22(17)28-29)30(16)24(31)21-12-18-20(32-21)6-3-7-27-18/h3,6-10,12,16,19H,2,4-5,11H2,1H3. The number of carbonyl (C=O) groups excluding carboxylic acids is 1. The fourth-order valence-corrected chi connectivity index (χ4v) is 5.30. The van der Waals surface area contributed by atoms with Crippen LogP contribution in [0.5, 0.6) is 0 Å². The minimum absolute atomic E-state index is 0.0312. The maximum absolute atomic E-state index is 13.9. The number of hydrogen-bond donors (Lipinski definition) is 0. The molecular weight excluding hydrogens is 414 g/mol. The minimum atomic E-state index is -0.624. The maximum atomic E-state index is 13.9. The minimum Gasteiger partial charge on any atom is -0.449 e. The molecule has 4 aromatic rings. The van der Waals surface area contributed by atoms with E-state index in [1.165, 1.54) is 12.1 Å². The summed E-state index contributed by atoms with van der Waals surface area (Å²) in [5, 5.41) is 4.71. The van der Waals surface area contributed by atoms with Crippen LogP contribution >= 0.6 is 0 Å². The van der Waals surface area contributed by atoms with Crippen LogP contribution in [0, 0.1) is 11.6 Å². The van der Waals surface area contributed by atoms with E-state index in [4.69, 9.17) is 9.52 Å². The summed E-state index contributed by atoms with van der Waals surface area (Å²) in [4.78, 5) is 19.7. The first kappa shape index (κ1) is 19.2. The van der Waals surface area contributed by atoms with Gasteiger partial charge in [-0.05, 0) is 49.9 Å². The van der Waals surface area contributed by atoms with E-state index in [2.05, 4.69) is 4.98 Å². The number of benzene rings is 1. The van der Waals surface area contributed by atoms with Crippen LogP contribution in [0.1, 0.15) is 47.1 Å². The number of aryl methyl sites for hydroxylation is 1.